The number of hydrogen-bond donors (Lipinski definition) is 5. The third kappa shape index (κ3) is 5.95. The zero-order valence-corrected chi connectivity index (χ0v) is 24.4. The van der Waals surface area contributed by atoms with Crippen LogP contribution in [0, 0.1) is 11.2 Å². The van der Waals surface area contributed by atoms with E-state index >= 15 is 4.39 Å². The normalized spacial score (nSPS) is 24.2. The lowest BCUT2D eigenvalue weighted by atomic mass is 9.62. The smallest absolute Gasteiger partial charge is 0.237 e. The zero-order valence-electron chi connectivity index (χ0n) is 22.9. The van der Waals surface area contributed by atoms with Crippen molar-refractivity contribution in [3.63, 3.8) is 0 Å². The Kier molecular flexibility index (Phi) is 9.23. The van der Waals surface area contributed by atoms with Crippen molar-refractivity contribution in [2.24, 2.45) is 5.41 Å². The predicted molar refractivity (Wildman–Crippen MR) is 155 cm³/mol. The molecule has 0 unspecified atom stereocenters. The first kappa shape index (κ1) is 29.7. The quantitative estimate of drug-likeness (QED) is 0.273. The summed E-state index contributed by atoms with van der Waals surface area (Å²) in [7, 11) is 1.90. The van der Waals surface area contributed by atoms with Gasteiger partial charge in [-0.1, -0.05) is 62.2 Å². The van der Waals surface area contributed by atoms with Crippen LogP contribution in [0.5, 0.6) is 0 Å². The van der Waals surface area contributed by atoms with Crippen LogP contribution in [0.2, 0.25) is 10.0 Å². The molecule has 1 fully saturated rings. The molecule has 1 saturated heterocycles. The van der Waals surface area contributed by atoms with Crippen LogP contribution in [0.15, 0.2) is 36.4 Å². The van der Waals surface area contributed by atoms with Gasteiger partial charge in [0, 0.05) is 42.3 Å². The molecule has 39 heavy (non-hydrogen) atoms. The predicted octanol–water partition coefficient (Wildman–Crippen LogP) is 4.20. The van der Waals surface area contributed by atoms with Gasteiger partial charge in [-0.25, -0.2) is 4.39 Å². The molecule has 0 aliphatic carbocycles. The van der Waals surface area contributed by atoms with Gasteiger partial charge in [0.2, 0.25) is 11.8 Å². The van der Waals surface area contributed by atoms with Gasteiger partial charge in [0.05, 0.1) is 11.1 Å². The summed E-state index contributed by atoms with van der Waals surface area (Å²) >= 11 is 12.5. The minimum atomic E-state index is -1.25. The molecule has 2 aromatic carbocycles. The highest BCUT2D eigenvalue weighted by molar-refractivity contribution is 6.31. The molecule has 212 valence electrons. The van der Waals surface area contributed by atoms with Crippen molar-refractivity contribution in [3.05, 3.63) is 63.4 Å². The summed E-state index contributed by atoms with van der Waals surface area (Å²) < 4.78 is 15.8. The first-order chi connectivity index (χ1) is 18.5. The lowest BCUT2D eigenvalue weighted by Gasteiger charge is -2.37. The molecule has 2 aliphatic rings. The molecular weight excluding hydrogens is 540 g/mol. The van der Waals surface area contributed by atoms with E-state index in [1.54, 1.807) is 24.3 Å². The van der Waals surface area contributed by atoms with Gasteiger partial charge in [-0.3, -0.25) is 9.59 Å². The lowest BCUT2D eigenvalue weighted by Crippen LogP contribution is -2.49. The monoisotopic (exact) mass is 577 g/mol. The van der Waals surface area contributed by atoms with Gasteiger partial charge in [0.25, 0.3) is 0 Å². The van der Waals surface area contributed by atoms with Gasteiger partial charge in [0.1, 0.15) is 11.2 Å². The molecule has 5 N–H and O–H groups in total. The highest BCUT2D eigenvalue weighted by Gasteiger charge is 2.66. The highest BCUT2D eigenvalue weighted by atomic mass is 35.5. The number of rotatable bonds is 10. The lowest BCUT2D eigenvalue weighted by molar-refractivity contribution is -0.123. The first-order valence-corrected chi connectivity index (χ1v) is 14.2. The van der Waals surface area contributed by atoms with E-state index in [1.807, 2.05) is 13.1 Å². The van der Waals surface area contributed by atoms with Crippen molar-refractivity contribution in [1.82, 2.24) is 21.3 Å². The summed E-state index contributed by atoms with van der Waals surface area (Å²) in [6, 6.07) is 8.69. The van der Waals surface area contributed by atoms with Crippen molar-refractivity contribution >= 4 is 40.7 Å². The van der Waals surface area contributed by atoms with Crippen molar-refractivity contribution in [2.45, 2.75) is 57.0 Å². The third-order valence-corrected chi connectivity index (χ3v) is 8.13. The number of carbonyl (C=O) groups excluding carboxylic acids is 2. The largest absolute Gasteiger partial charge is 0.355 e. The fraction of sp³-hybridized carbons (Fsp3) is 0.517. The van der Waals surface area contributed by atoms with E-state index in [-0.39, 0.29) is 27.8 Å². The van der Waals surface area contributed by atoms with Crippen LogP contribution >= 0.6 is 23.2 Å². The molecule has 0 saturated carbocycles. The molecule has 2 amide bonds. The Morgan fingerprint density at radius 3 is 2.59 bits per heavy atom. The molecule has 2 heterocycles. The van der Waals surface area contributed by atoms with Crippen LogP contribution < -0.4 is 26.6 Å². The van der Waals surface area contributed by atoms with E-state index < -0.39 is 29.2 Å². The average molecular weight is 579 g/mol. The summed E-state index contributed by atoms with van der Waals surface area (Å²) in [5.74, 6) is -2.03. The summed E-state index contributed by atoms with van der Waals surface area (Å²) in [4.78, 5) is 27.9. The second kappa shape index (κ2) is 12.1. The van der Waals surface area contributed by atoms with Gasteiger partial charge in [-0.05, 0) is 61.2 Å². The molecule has 4 rings (SSSR count). The maximum atomic E-state index is 15.8. The van der Waals surface area contributed by atoms with Crippen molar-refractivity contribution in [3.8, 4) is 0 Å². The number of carbonyl (C=O) groups is 2. The van der Waals surface area contributed by atoms with E-state index in [4.69, 9.17) is 23.2 Å². The topological polar surface area (TPSA) is 94.3 Å². The number of fused-ring (bicyclic) bond motifs is 2. The molecule has 7 nitrogen and oxygen atoms in total. The number of hydrogen-bond acceptors (Lipinski definition) is 5. The number of benzene rings is 2. The van der Waals surface area contributed by atoms with Crippen molar-refractivity contribution < 1.29 is 14.0 Å². The summed E-state index contributed by atoms with van der Waals surface area (Å²) in [5.41, 5.74) is 0.0665. The van der Waals surface area contributed by atoms with Crippen LogP contribution in [0.25, 0.3) is 0 Å². The Morgan fingerprint density at radius 1 is 1.10 bits per heavy atom. The van der Waals surface area contributed by atoms with Crippen LogP contribution in [0.1, 0.15) is 50.7 Å². The van der Waals surface area contributed by atoms with Crippen LogP contribution in [-0.4, -0.2) is 57.1 Å². The second-order valence-corrected chi connectivity index (χ2v) is 12.4. The van der Waals surface area contributed by atoms with Crippen molar-refractivity contribution in [1.29, 1.82) is 0 Å². The van der Waals surface area contributed by atoms with Crippen LogP contribution in [0.4, 0.5) is 10.1 Å². The molecule has 4 atom stereocenters. The van der Waals surface area contributed by atoms with E-state index in [9.17, 15) is 9.59 Å². The van der Waals surface area contributed by atoms with E-state index in [0.717, 1.165) is 26.1 Å². The average Bonchev–Trinajstić information content (AvgIpc) is 3.34. The van der Waals surface area contributed by atoms with E-state index in [1.165, 1.54) is 6.07 Å². The van der Waals surface area contributed by atoms with E-state index in [2.05, 4.69) is 47.4 Å². The zero-order chi connectivity index (χ0) is 28.4. The molecule has 0 bridgehead atoms. The molecule has 0 aromatic heterocycles. The van der Waals surface area contributed by atoms with Crippen LogP contribution in [0.3, 0.4) is 0 Å². The van der Waals surface area contributed by atoms with Crippen LogP contribution in [-0.2, 0) is 15.0 Å². The fourth-order valence-corrected chi connectivity index (χ4v) is 6.38. The summed E-state index contributed by atoms with van der Waals surface area (Å²) in [6.45, 7) is 9.14. The Hall–Kier alpha value is -2.23. The Bertz CT molecular complexity index is 1220. The van der Waals surface area contributed by atoms with E-state index in [0.29, 0.717) is 29.2 Å². The Labute approximate surface area is 240 Å². The van der Waals surface area contributed by atoms with Gasteiger partial charge in [0.15, 0.2) is 0 Å². The number of halogens is 3. The molecule has 1 spiro atoms. The number of anilines is 1. The fourth-order valence-electron chi connectivity index (χ4n) is 6.03. The molecule has 2 aliphatic heterocycles. The minimum Gasteiger partial charge on any atom is -0.355 e. The number of nitrogens with one attached hydrogen (secondary N) is 5. The number of likely N-dealkylation sites (N-methyl/N-ethyl adjacent to an activating group) is 1. The van der Waals surface area contributed by atoms with Gasteiger partial charge in [-0.15, -0.1) is 0 Å². The molecule has 0 radical (unpaired) electrons. The Balaban J connectivity index is 1.77. The van der Waals surface area contributed by atoms with Gasteiger partial charge < -0.3 is 26.6 Å². The third-order valence-electron chi connectivity index (χ3n) is 7.60. The molecular formula is C29H38Cl2FN5O2. The standard InChI is InChI=1S/C29H38Cl2FN5O2/c1-28(2,3)16-22-29(19-10-9-17(30)15-21(19)36-27(29)39)23(18-7-5-8-20(31)24(18)32)25(37-22)26(38)35-12-6-11-34-14-13-33-4/h5,7-10,15,22-23,25,33-34,37H,6,11-14,16H2,1-4H3,(H,35,38)(H,36,39)/t22-,23+,25-,29+/m1/s1. The highest BCUT2D eigenvalue weighted by Crippen LogP contribution is 2.57. The molecule has 2 aromatic rings. The SMILES string of the molecule is CNCCNCCCNC(=O)[C@@H]1N[C@H](CC(C)(C)C)[C@]2(C(=O)Nc3cc(Cl)ccc32)[C@H]1c1cccc(Cl)c1F. The summed E-state index contributed by atoms with van der Waals surface area (Å²) in [6.07, 6.45) is 1.30. The summed E-state index contributed by atoms with van der Waals surface area (Å²) in [5, 5.41) is 16.3. The van der Waals surface area contributed by atoms with Gasteiger partial charge in [-0.2, -0.15) is 0 Å². The maximum absolute atomic E-state index is 15.8. The minimum absolute atomic E-state index is 0.0524. The Morgan fingerprint density at radius 2 is 1.87 bits per heavy atom. The van der Waals surface area contributed by atoms with Crippen molar-refractivity contribution in [2.75, 3.05) is 38.5 Å². The second-order valence-electron chi connectivity index (χ2n) is 11.6. The number of amides is 2. The first-order valence-electron chi connectivity index (χ1n) is 13.4. The maximum Gasteiger partial charge on any atom is 0.237 e. The van der Waals surface area contributed by atoms with Gasteiger partial charge >= 0.3 is 0 Å². The molecule has 10 heteroatoms.